The van der Waals surface area contributed by atoms with Crippen LogP contribution in [0.25, 0.3) is 0 Å². The number of benzene rings is 1. The summed E-state index contributed by atoms with van der Waals surface area (Å²) in [5, 5.41) is 0. The summed E-state index contributed by atoms with van der Waals surface area (Å²) in [6, 6.07) is 7.35. The molecule has 2 aliphatic rings. The van der Waals surface area contributed by atoms with Crippen LogP contribution in [0.15, 0.2) is 24.3 Å². The van der Waals surface area contributed by atoms with Crippen LogP contribution in [-0.4, -0.2) is 92.1 Å². The fraction of sp³-hybridized carbons (Fsp3) is 0.619. The van der Waals surface area contributed by atoms with Crippen molar-refractivity contribution in [3.63, 3.8) is 0 Å². The molecule has 1 aromatic carbocycles. The van der Waals surface area contributed by atoms with Crippen molar-refractivity contribution in [3.8, 4) is 5.75 Å². The molecule has 2 aliphatic heterocycles. The summed E-state index contributed by atoms with van der Waals surface area (Å²) >= 11 is 0. The van der Waals surface area contributed by atoms with Gasteiger partial charge < -0.3 is 19.3 Å². The van der Waals surface area contributed by atoms with Crippen molar-refractivity contribution in [1.29, 1.82) is 0 Å². The van der Waals surface area contributed by atoms with Gasteiger partial charge in [0.1, 0.15) is 5.75 Å². The molecule has 28 heavy (non-hydrogen) atoms. The molecule has 0 radical (unpaired) electrons. The van der Waals surface area contributed by atoms with Crippen LogP contribution in [-0.2, 0) is 9.53 Å². The molecule has 0 spiro atoms. The summed E-state index contributed by atoms with van der Waals surface area (Å²) in [6.45, 7) is 7.33. The van der Waals surface area contributed by atoms with Crippen molar-refractivity contribution in [1.82, 2.24) is 14.7 Å². The maximum Gasteiger partial charge on any atom is 0.257 e. The van der Waals surface area contributed by atoms with E-state index in [1.165, 1.54) is 0 Å². The number of hydrogen-bond donors (Lipinski definition) is 0. The van der Waals surface area contributed by atoms with Gasteiger partial charge in [0.15, 0.2) is 0 Å². The number of rotatable bonds is 7. The minimum Gasteiger partial charge on any atom is -0.493 e. The van der Waals surface area contributed by atoms with Crippen molar-refractivity contribution < 1.29 is 19.1 Å². The lowest BCUT2D eigenvalue weighted by Gasteiger charge is -2.27. The number of para-hydroxylation sites is 1. The van der Waals surface area contributed by atoms with E-state index in [-0.39, 0.29) is 17.9 Å². The Bertz CT molecular complexity index is 681. The maximum atomic E-state index is 13.0. The Hall–Kier alpha value is -2.12. The number of carbonyl (C=O) groups is 2. The van der Waals surface area contributed by atoms with Crippen LogP contribution in [0.1, 0.15) is 30.1 Å². The molecule has 2 saturated heterocycles. The quantitative estimate of drug-likeness (QED) is 0.707. The largest absolute Gasteiger partial charge is 0.493 e. The Morgan fingerprint density at radius 3 is 2.75 bits per heavy atom. The molecule has 7 heteroatoms. The minimum atomic E-state index is -0.0670. The first-order valence-electron chi connectivity index (χ1n) is 10.2. The number of carbonyl (C=O) groups excluding carboxylic acids is 2. The van der Waals surface area contributed by atoms with Crippen molar-refractivity contribution in [2.45, 2.75) is 25.8 Å². The maximum absolute atomic E-state index is 13.0. The number of ether oxygens (including phenoxy) is 2. The highest BCUT2D eigenvalue weighted by atomic mass is 16.5. The molecule has 1 unspecified atom stereocenters. The lowest BCUT2D eigenvalue weighted by molar-refractivity contribution is -0.132. The highest BCUT2D eigenvalue weighted by molar-refractivity contribution is 5.97. The molecule has 1 aromatic rings. The summed E-state index contributed by atoms with van der Waals surface area (Å²) in [6.07, 6.45) is 1.72. The van der Waals surface area contributed by atoms with Gasteiger partial charge in [0.05, 0.1) is 24.8 Å². The monoisotopic (exact) mass is 389 g/mol. The zero-order valence-corrected chi connectivity index (χ0v) is 16.9. The number of methoxy groups -OCH3 is 1. The van der Waals surface area contributed by atoms with E-state index in [0.717, 1.165) is 32.5 Å². The van der Waals surface area contributed by atoms with E-state index in [2.05, 4.69) is 4.90 Å². The molecule has 3 rings (SSSR count). The van der Waals surface area contributed by atoms with E-state index < -0.39 is 0 Å². The standard InChI is InChI=1S/C21H31N3O4/c1-3-28-19-8-5-4-7-17(19)20(25)23-11-6-10-22(13-14-23)18-9-12-24(21(18)26)15-16-27-2/h4-5,7-8,18H,3,6,9-16H2,1-2H3. The topological polar surface area (TPSA) is 62.3 Å². The summed E-state index contributed by atoms with van der Waals surface area (Å²) in [5.74, 6) is 0.833. The molecule has 1 atom stereocenters. The summed E-state index contributed by atoms with van der Waals surface area (Å²) in [4.78, 5) is 31.8. The van der Waals surface area contributed by atoms with E-state index in [9.17, 15) is 9.59 Å². The molecule has 0 saturated carbocycles. The van der Waals surface area contributed by atoms with E-state index >= 15 is 0 Å². The molecule has 2 heterocycles. The summed E-state index contributed by atoms with van der Waals surface area (Å²) in [7, 11) is 1.65. The average molecular weight is 389 g/mol. The van der Waals surface area contributed by atoms with Crippen LogP contribution in [0.4, 0.5) is 0 Å². The van der Waals surface area contributed by atoms with Gasteiger partial charge in [-0.1, -0.05) is 12.1 Å². The second-order valence-corrected chi connectivity index (χ2v) is 7.23. The highest BCUT2D eigenvalue weighted by Gasteiger charge is 2.36. The second-order valence-electron chi connectivity index (χ2n) is 7.23. The Morgan fingerprint density at radius 2 is 1.96 bits per heavy atom. The lowest BCUT2D eigenvalue weighted by atomic mass is 10.1. The summed E-state index contributed by atoms with van der Waals surface area (Å²) < 4.78 is 10.7. The SMILES string of the molecule is CCOc1ccccc1C(=O)N1CCCN(C2CCN(CCOC)C2=O)CC1. The second kappa shape index (κ2) is 9.89. The molecule has 0 N–H and O–H groups in total. The molecule has 154 valence electrons. The van der Waals surface area contributed by atoms with Crippen molar-refractivity contribution in [3.05, 3.63) is 29.8 Å². The van der Waals surface area contributed by atoms with Gasteiger partial charge in [0, 0.05) is 46.4 Å². The highest BCUT2D eigenvalue weighted by Crippen LogP contribution is 2.22. The van der Waals surface area contributed by atoms with E-state index in [1.807, 2.05) is 41.0 Å². The molecule has 2 amide bonds. The van der Waals surface area contributed by atoms with Crippen molar-refractivity contribution in [2.75, 3.05) is 59.6 Å². The van der Waals surface area contributed by atoms with E-state index in [1.54, 1.807) is 7.11 Å². The first-order chi connectivity index (χ1) is 13.7. The molecule has 0 bridgehead atoms. The third-order valence-electron chi connectivity index (χ3n) is 5.51. The summed E-state index contributed by atoms with van der Waals surface area (Å²) in [5.41, 5.74) is 0.612. The molecule has 0 aromatic heterocycles. The number of amides is 2. The average Bonchev–Trinajstić information content (AvgIpc) is 2.92. The third-order valence-corrected chi connectivity index (χ3v) is 5.51. The number of nitrogens with zero attached hydrogens (tertiary/aromatic N) is 3. The van der Waals surface area contributed by atoms with Gasteiger partial charge in [-0.15, -0.1) is 0 Å². The smallest absolute Gasteiger partial charge is 0.257 e. The van der Waals surface area contributed by atoms with Gasteiger partial charge in [-0.05, 0) is 31.9 Å². The Kier molecular flexibility index (Phi) is 7.28. The van der Waals surface area contributed by atoms with Crippen LogP contribution in [0.3, 0.4) is 0 Å². The molecular weight excluding hydrogens is 358 g/mol. The first kappa shape index (κ1) is 20.6. The third kappa shape index (κ3) is 4.64. The van der Waals surface area contributed by atoms with Gasteiger partial charge in [-0.25, -0.2) is 0 Å². The zero-order valence-electron chi connectivity index (χ0n) is 16.9. The first-order valence-corrected chi connectivity index (χ1v) is 10.2. The van der Waals surface area contributed by atoms with Crippen LogP contribution >= 0.6 is 0 Å². The molecule has 2 fully saturated rings. The molecule has 7 nitrogen and oxygen atoms in total. The minimum absolute atomic E-state index is 0.00497. The fourth-order valence-electron chi connectivity index (χ4n) is 4.03. The van der Waals surface area contributed by atoms with Gasteiger partial charge in [-0.2, -0.15) is 0 Å². The lowest BCUT2D eigenvalue weighted by Crippen LogP contribution is -2.44. The van der Waals surface area contributed by atoms with Gasteiger partial charge >= 0.3 is 0 Å². The van der Waals surface area contributed by atoms with Crippen LogP contribution in [0, 0.1) is 0 Å². The predicted octanol–water partition coefficient (Wildman–Crippen LogP) is 1.48. The van der Waals surface area contributed by atoms with Crippen LogP contribution < -0.4 is 4.74 Å². The van der Waals surface area contributed by atoms with Crippen LogP contribution in [0.5, 0.6) is 5.75 Å². The Morgan fingerprint density at radius 1 is 1.14 bits per heavy atom. The van der Waals surface area contributed by atoms with Gasteiger partial charge in [0.2, 0.25) is 5.91 Å². The zero-order chi connectivity index (χ0) is 19.9. The molecular formula is C21H31N3O4. The van der Waals surface area contributed by atoms with Gasteiger partial charge in [0.25, 0.3) is 5.91 Å². The van der Waals surface area contributed by atoms with Crippen molar-refractivity contribution >= 4 is 11.8 Å². The number of likely N-dealkylation sites (tertiary alicyclic amines) is 1. The van der Waals surface area contributed by atoms with E-state index in [4.69, 9.17) is 9.47 Å². The van der Waals surface area contributed by atoms with Crippen molar-refractivity contribution in [2.24, 2.45) is 0 Å². The van der Waals surface area contributed by atoms with E-state index in [0.29, 0.717) is 44.2 Å². The normalized spacial score (nSPS) is 21.1. The molecule has 0 aliphatic carbocycles. The Balaban J connectivity index is 1.61. The van der Waals surface area contributed by atoms with Crippen LogP contribution in [0.2, 0.25) is 0 Å². The fourth-order valence-corrected chi connectivity index (χ4v) is 4.03. The van der Waals surface area contributed by atoms with Gasteiger partial charge in [-0.3, -0.25) is 14.5 Å². The number of hydrogen-bond acceptors (Lipinski definition) is 5. The Labute approximate surface area is 167 Å². The predicted molar refractivity (Wildman–Crippen MR) is 107 cm³/mol.